The molecule has 0 aliphatic heterocycles. The van der Waals surface area contributed by atoms with Gasteiger partial charge in [0, 0.05) is 11.8 Å². The fourth-order valence-corrected chi connectivity index (χ4v) is 3.61. The number of imidazole rings is 1. The van der Waals surface area contributed by atoms with Gasteiger partial charge in [0.15, 0.2) is 10.7 Å². The first kappa shape index (κ1) is 15.5. The van der Waals surface area contributed by atoms with Gasteiger partial charge >= 0.3 is 5.97 Å². The molecule has 0 spiro atoms. The van der Waals surface area contributed by atoms with Crippen molar-refractivity contribution in [3.63, 3.8) is 0 Å². The molecule has 2 heterocycles. The Kier molecular flexibility index (Phi) is 3.77. The number of fused-ring (bicyclic) bond motifs is 3. The van der Waals surface area contributed by atoms with Gasteiger partial charge in [-0.15, -0.1) is 0 Å². The van der Waals surface area contributed by atoms with E-state index in [9.17, 15) is 4.79 Å². The number of rotatable bonds is 4. The van der Waals surface area contributed by atoms with Crippen LogP contribution in [0.2, 0.25) is 0 Å². The Bertz CT molecular complexity index is 1070. The minimum atomic E-state index is -0.378. The maximum absolute atomic E-state index is 12.1. The van der Waals surface area contributed by atoms with Crippen molar-refractivity contribution in [2.45, 2.75) is 6.92 Å². The minimum Gasteiger partial charge on any atom is -0.461 e. The van der Waals surface area contributed by atoms with Crippen molar-refractivity contribution >= 4 is 38.2 Å². The van der Waals surface area contributed by atoms with Gasteiger partial charge in [0.1, 0.15) is 11.5 Å². The third kappa shape index (κ3) is 2.78. The van der Waals surface area contributed by atoms with E-state index in [0.29, 0.717) is 29.5 Å². The van der Waals surface area contributed by atoms with E-state index in [4.69, 9.17) is 15.2 Å². The fraction of sp³-hybridized carbons (Fsp3) is 0.111. The van der Waals surface area contributed by atoms with Crippen LogP contribution < -0.4 is 10.5 Å². The predicted molar refractivity (Wildman–Crippen MR) is 97.5 cm³/mol. The second kappa shape index (κ2) is 6.10. The van der Waals surface area contributed by atoms with Crippen LogP contribution in [0.4, 0.5) is 5.69 Å². The maximum Gasteiger partial charge on any atom is 0.357 e. The summed E-state index contributed by atoms with van der Waals surface area (Å²) < 4.78 is 13.7. The van der Waals surface area contributed by atoms with Crippen molar-refractivity contribution in [2.75, 3.05) is 12.3 Å². The number of hydrogen-bond acceptors (Lipinski definition) is 6. The molecule has 0 aliphatic rings. The number of carbonyl (C=O) groups excluding carboxylic acids is 1. The highest BCUT2D eigenvalue weighted by atomic mass is 32.1. The topological polar surface area (TPSA) is 78.8 Å². The number of thiazole rings is 1. The summed E-state index contributed by atoms with van der Waals surface area (Å²) in [5.41, 5.74) is 7.69. The molecule has 0 radical (unpaired) electrons. The van der Waals surface area contributed by atoms with Gasteiger partial charge < -0.3 is 15.2 Å². The third-order valence-electron chi connectivity index (χ3n) is 3.70. The smallest absolute Gasteiger partial charge is 0.357 e. The van der Waals surface area contributed by atoms with E-state index in [1.807, 2.05) is 34.7 Å². The second-order valence-electron chi connectivity index (χ2n) is 5.38. The monoisotopic (exact) mass is 353 g/mol. The molecule has 0 aliphatic carbocycles. The van der Waals surface area contributed by atoms with Gasteiger partial charge in [-0.05, 0) is 43.3 Å². The van der Waals surface area contributed by atoms with Crippen LogP contribution in [0.25, 0.3) is 15.2 Å². The molecule has 2 N–H and O–H groups in total. The Morgan fingerprint density at radius 3 is 2.72 bits per heavy atom. The summed E-state index contributed by atoms with van der Waals surface area (Å²) in [6, 6.07) is 12.9. The molecule has 0 unspecified atom stereocenters. The third-order valence-corrected chi connectivity index (χ3v) is 4.72. The number of ether oxygens (including phenoxy) is 2. The number of nitrogens with zero attached hydrogens (tertiary/aromatic N) is 2. The van der Waals surface area contributed by atoms with Gasteiger partial charge in [0.05, 0.1) is 23.0 Å². The van der Waals surface area contributed by atoms with Crippen LogP contribution >= 0.6 is 11.3 Å². The quantitative estimate of drug-likeness (QED) is 0.441. The van der Waals surface area contributed by atoms with Crippen molar-refractivity contribution in [3.05, 3.63) is 54.4 Å². The number of nitrogen functional groups attached to an aromatic ring is 1. The van der Waals surface area contributed by atoms with Crippen LogP contribution in [0.15, 0.2) is 48.7 Å². The number of esters is 1. The van der Waals surface area contributed by atoms with Crippen molar-refractivity contribution in [2.24, 2.45) is 0 Å². The molecule has 0 atom stereocenters. The van der Waals surface area contributed by atoms with Crippen molar-refractivity contribution in [1.29, 1.82) is 0 Å². The van der Waals surface area contributed by atoms with Gasteiger partial charge in [0.2, 0.25) is 0 Å². The first-order valence-electron chi connectivity index (χ1n) is 7.76. The van der Waals surface area contributed by atoms with E-state index < -0.39 is 0 Å². The van der Waals surface area contributed by atoms with Crippen LogP contribution in [0.5, 0.6) is 11.5 Å². The highest BCUT2D eigenvalue weighted by molar-refractivity contribution is 7.23. The highest BCUT2D eigenvalue weighted by Gasteiger charge is 2.17. The Morgan fingerprint density at radius 1 is 1.20 bits per heavy atom. The normalized spacial score (nSPS) is 11.1. The summed E-state index contributed by atoms with van der Waals surface area (Å²) in [5, 5.41) is 0. The summed E-state index contributed by atoms with van der Waals surface area (Å²) >= 11 is 1.49. The molecule has 7 heteroatoms. The van der Waals surface area contributed by atoms with Crippen molar-refractivity contribution < 1.29 is 14.3 Å². The lowest BCUT2D eigenvalue weighted by molar-refractivity contribution is 0.0519. The second-order valence-corrected chi connectivity index (χ2v) is 6.39. The van der Waals surface area contributed by atoms with Crippen LogP contribution in [-0.2, 0) is 4.74 Å². The largest absolute Gasteiger partial charge is 0.461 e. The molecule has 2 aromatic carbocycles. The maximum atomic E-state index is 12.1. The molecule has 0 bridgehead atoms. The number of nitrogens with two attached hydrogens (primary N) is 1. The molecule has 0 fully saturated rings. The van der Waals surface area contributed by atoms with E-state index in [1.165, 1.54) is 11.3 Å². The van der Waals surface area contributed by atoms with E-state index in [2.05, 4.69) is 4.98 Å². The number of hydrogen-bond donors (Lipinski definition) is 1. The lowest BCUT2D eigenvalue weighted by atomic mass is 10.3. The average Bonchev–Trinajstić information content (AvgIpc) is 3.15. The Hall–Kier alpha value is -3.06. The molecule has 6 nitrogen and oxygen atoms in total. The van der Waals surface area contributed by atoms with Gasteiger partial charge in [-0.25, -0.2) is 9.78 Å². The van der Waals surface area contributed by atoms with E-state index in [-0.39, 0.29) is 5.97 Å². The Labute approximate surface area is 147 Å². The molecule has 2 aromatic heterocycles. The van der Waals surface area contributed by atoms with Gasteiger partial charge in [0.25, 0.3) is 0 Å². The SMILES string of the molecule is CCOC(=O)c1cnc2sc3cc(Oc4ccc(N)cc4)ccc3n12. The minimum absolute atomic E-state index is 0.327. The van der Waals surface area contributed by atoms with Gasteiger partial charge in [-0.1, -0.05) is 11.3 Å². The number of aromatic nitrogens is 2. The zero-order chi connectivity index (χ0) is 17.4. The summed E-state index contributed by atoms with van der Waals surface area (Å²) in [5.74, 6) is 1.04. The van der Waals surface area contributed by atoms with E-state index >= 15 is 0 Å². The number of carbonyl (C=O) groups is 1. The molecule has 0 amide bonds. The first-order chi connectivity index (χ1) is 12.2. The Balaban J connectivity index is 1.73. The lowest BCUT2D eigenvalue weighted by Crippen LogP contribution is -2.07. The lowest BCUT2D eigenvalue weighted by Gasteiger charge is -2.06. The van der Waals surface area contributed by atoms with Crippen molar-refractivity contribution in [3.8, 4) is 11.5 Å². The van der Waals surface area contributed by atoms with E-state index in [1.54, 1.807) is 25.3 Å². The zero-order valence-corrected chi connectivity index (χ0v) is 14.2. The molecule has 25 heavy (non-hydrogen) atoms. The molecule has 0 saturated carbocycles. The molecule has 126 valence electrons. The molecule has 4 rings (SSSR count). The summed E-state index contributed by atoms with van der Waals surface area (Å²) in [6.45, 7) is 2.11. The first-order valence-corrected chi connectivity index (χ1v) is 8.58. The summed E-state index contributed by atoms with van der Waals surface area (Å²) in [6.07, 6.45) is 1.54. The van der Waals surface area contributed by atoms with Crippen LogP contribution in [-0.4, -0.2) is 22.0 Å². The van der Waals surface area contributed by atoms with Crippen LogP contribution in [0.1, 0.15) is 17.4 Å². The fourth-order valence-electron chi connectivity index (χ4n) is 2.58. The number of benzene rings is 2. The van der Waals surface area contributed by atoms with Gasteiger partial charge in [-0.3, -0.25) is 4.40 Å². The Morgan fingerprint density at radius 2 is 1.96 bits per heavy atom. The zero-order valence-electron chi connectivity index (χ0n) is 13.4. The molecular formula is C18H15N3O3S. The number of anilines is 1. The molecule has 4 aromatic rings. The van der Waals surface area contributed by atoms with Gasteiger partial charge in [-0.2, -0.15) is 0 Å². The van der Waals surface area contributed by atoms with Crippen LogP contribution in [0.3, 0.4) is 0 Å². The summed E-state index contributed by atoms with van der Waals surface area (Å²) in [7, 11) is 0. The standard InChI is InChI=1S/C18H15N3O3S/c1-2-23-17(22)15-10-20-18-21(15)14-8-7-13(9-16(14)25-18)24-12-5-3-11(19)4-6-12/h3-10H,2,19H2,1H3. The highest BCUT2D eigenvalue weighted by Crippen LogP contribution is 2.32. The molecule has 0 saturated heterocycles. The van der Waals surface area contributed by atoms with E-state index in [0.717, 1.165) is 15.2 Å². The molecular weight excluding hydrogens is 338 g/mol. The average molecular weight is 353 g/mol. The van der Waals surface area contributed by atoms with Crippen molar-refractivity contribution in [1.82, 2.24) is 9.38 Å². The summed E-state index contributed by atoms with van der Waals surface area (Å²) in [4.78, 5) is 17.1. The predicted octanol–water partition coefficient (Wildman–Crippen LogP) is 4.10. The van der Waals surface area contributed by atoms with Crippen LogP contribution in [0, 0.1) is 0 Å².